The molecule has 1 aromatic heterocycles. The molecular formula is C22H13F4N3O2. The van der Waals surface area contributed by atoms with E-state index in [1.54, 1.807) is 24.4 Å². The smallest absolute Gasteiger partial charge is 0.416 e. The molecule has 0 bridgehead atoms. The average Bonchev–Trinajstić information content (AvgIpc) is 2.75. The molecule has 4 rings (SSSR count). The Bertz CT molecular complexity index is 1280. The summed E-state index contributed by atoms with van der Waals surface area (Å²) in [5.41, 5.74) is -0.130. The number of benzene rings is 3. The lowest BCUT2D eigenvalue weighted by Gasteiger charge is -2.11. The Morgan fingerprint density at radius 1 is 0.871 bits per heavy atom. The standard InChI is InChI=1S/C22H13F4N3O2/c23-17-11-15(31-16-5-7-19-20(12-16)28-9-8-27-19)4-6-18(17)29-21(30)13-2-1-3-14(10-13)22(24,25)26/h1-12H,(H,29,30). The van der Waals surface area contributed by atoms with Crippen LogP contribution in [0.5, 0.6) is 11.5 Å². The van der Waals surface area contributed by atoms with Crippen molar-refractivity contribution in [3.8, 4) is 11.5 Å². The molecule has 0 aliphatic carbocycles. The maximum Gasteiger partial charge on any atom is 0.416 e. The van der Waals surface area contributed by atoms with Gasteiger partial charge in [0.2, 0.25) is 0 Å². The van der Waals surface area contributed by atoms with E-state index in [-0.39, 0.29) is 17.0 Å². The molecule has 1 heterocycles. The van der Waals surface area contributed by atoms with Gasteiger partial charge in [-0.2, -0.15) is 13.2 Å². The number of ether oxygens (including phenoxy) is 1. The third-order valence-corrected chi connectivity index (χ3v) is 4.32. The quantitative estimate of drug-likeness (QED) is 0.416. The topological polar surface area (TPSA) is 64.1 Å². The number of hydrogen-bond donors (Lipinski definition) is 1. The van der Waals surface area contributed by atoms with Gasteiger partial charge in [0, 0.05) is 30.1 Å². The normalized spacial score (nSPS) is 11.4. The number of alkyl halides is 3. The van der Waals surface area contributed by atoms with Crippen molar-refractivity contribution in [3.05, 3.63) is 90.0 Å². The zero-order valence-electron chi connectivity index (χ0n) is 15.7. The number of fused-ring (bicyclic) bond motifs is 1. The number of carbonyl (C=O) groups is 1. The minimum absolute atomic E-state index is 0.165. The maximum atomic E-state index is 14.5. The molecule has 4 aromatic rings. The second kappa shape index (κ2) is 8.02. The molecule has 0 fully saturated rings. The first kappa shape index (κ1) is 20.3. The zero-order chi connectivity index (χ0) is 22.0. The van der Waals surface area contributed by atoms with Crippen molar-refractivity contribution in [2.24, 2.45) is 0 Å². The van der Waals surface area contributed by atoms with Crippen molar-refractivity contribution < 1.29 is 27.1 Å². The fourth-order valence-electron chi connectivity index (χ4n) is 2.83. The molecule has 0 saturated carbocycles. The van der Waals surface area contributed by atoms with E-state index >= 15 is 0 Å². The Morgan fingerprint density at radius 3 is 2.32 bits per heavy atom. The number of rotatable bonds is 4. The minimum Gasteiger partial charge on any atom is -0.457 e. The van der Waals surface area contributed by atoms with Gasteiger partial charge in [0.25, 0.3) is 5.91 Å². The first-order valence-electron chi connectivity index (χ1n) is 8.96. The Balaban J connectivity index is 1.50. The van der Waals surface area contributed by atoms with Gasteiger partial charge in [0.15, 0.2) is 0 Å². The summed E-state index contributed by atoms with van der Waals surface area (Å²) in [6, 6.07) is 12.6. The lowest BCUT2D eigenvalue weighted by Crippen LogP contribution is -2.14. The number of hydrogen-bond acceptors (Lipinski definition) is 4. The maximum absolute atomic E-state index is 14.5. The fourth-order valence-corrected chi connectivity index (χ4v) is 2.83. The molecule has 5 nitrogen and oxygen atoms in total. The second-order valence-electron chi connectivity index (χ2n) is 6.48. The molecule has 31 heavy (non-hydrogen) atoms. The average molecular weight is 427 g/mol. The summed E-state index contributed by atoms with van der Waals surface area (Å²) >= 11 is 0. The number of nitrogens with one attached hydrogen (secondary N) is 1. The van der Waals surface area contributed by atoms with Crippen molar-refractivity contribution in [1.29, 1.82) is 0 Å². The van der Waals surface area contributed by atoms with Crippen molar-refractivity contribution >= 4 is 22.6 Å². The Labute approximate surface area is 173 Å². The summed E-state index contributed by atoms with van der Waals surface area (Å²) in [5, 5.41) is 2.27. The first-order chi connectivity index (χ1) is 14.8. The van der Waals surface area contributed by atoms with Gasteiger partial charge in [-0.25, -0.2) is 4.39 Å². The van der Waals surface area contributed by atoms with Crippen molar-refractivity contribution in [1.82, 2.24) is 9.97 Å². The Hall–Kier alpha value is -4.01. The van der Waals surface area contributed by atoms with E-state index in [0.29, 0.717) is 22.8 Å². The highest BCUT2D eigenvalue weighted by molar-refractivity contribution is 6.04. The van der Waals surface area contributed by atoms with Crippen LogP contribution in [0.1, 0.15) is 15.9 Å². The highest BCUT2D eigenvalue weighted by Crippen LogP contribution is 2.30. The molecule has 0 spiro atoms. The molecule has 9 heteroatoms. The highest BCUT2D eigenvalue weighted by atomic mass is 19.4. The van der Waals surface area contributed by atoms with E-state index in [0.717, 1.165) is 18.2 Å². The van der Waals surface area contributed by atoms with E-state index < -0.39 is 23.5 Å². The van der Waals surface area contributed by atoms with E-state index in [9.17, 15) is 22.4 Å². The van der Waals surface area contributed by atoms with Crippen LogP contribution >= 0.6 is 0 Å². The van der Waals surface area contributed by atoms with Crippen molar-refractivity contribution in [3.63, 3.8) is 0 Å². The second-order valence-corrected chi connectivity index (χ2v) is 6.48. The van der Waals surface area contributed by atoms with E-state index in [1.807, 2.05) is 0 Å². The molecule has 3 aromatic carbocycles. The molecular weight excluding hydrogens is 414 g/mol. The molecule has 156 valence electrons. The van der Waals surface area contributed by atoms with Gasteiger partial charge >= 0.3 is 6.18 Å². The predicted molar refractivity (Wildman–Crippen MR) is 105 cm³/mol. The number of halogens is 4. The molecule has 0 atom stereocenters. The lowest BCUT2D eigenvalue weighted by atomic mass is 10.1. The SMILES string of the molecule is O=C(Nc1ccc(Oc2ccc3nccnc3c2)cc1F)c1cccc(C(F)(F)F)c1. The summed E-state index contributed by atoms with van der Waals surface area (Å²) in [4.78, 5) is 20.6. The van der Waals surface area contributed by atoms with Crippen LogP contribution in [0.3, 0.4) is 0 Å². The molecule has 0 radical (unpaired) electrons. The van der Waals surface area contributed by atoms with Gasteiger partial charge in [-0.1, -0.05) is 6.07 Å². The monoisotopic (exact) mass is 427 g/mol. The van der Waals surface area contributed by atoms with Crippen LogP contribution in [0.25, 0.3) is 11.0 Å². The van der Waals surface area contributed by atoms with Gasteiger partial charge in [-0.15, -0.1) is 0 Å². The molecule has 0 aliphatic heterocycles. The molecule has 0 unspecified atom stereocenters. The third-order valence-electron chi connectivity index (χ3n) is 4.32. The van der Waals surface area contributed by atoms with Crippen molar-refractivity contribution in [2.75, 3.05) is 5.32 Å². The van der Waals surface area contributed by atoms with E-state index in [4.69, 9.17) is 4.74 Å². The summed E-state index contributed by atoms with van der Waals surface area (Å²) < 4.78 is 58.5. The minimum atomic E-state index is -4.59. The Kier molecular flexibility index (Phi) is 5.24. The molecule has 0 aliphatic rings. The first-order valence-corrected chi connectivity index (χ1v) is 8.96. The van der Waals surface area contributed by atoms with Crippen LogP contribution in [-0.2, 0) is 6.18 Å². The Morgan fingerprint density at radius 2 is 1.58 bits per heavy atom. The summed E-state index contributed by atoms with van der Waals surface area (Å²) in [6.45, 7) is 0. The van der Waals surface area contributed by atoms with Crippen LogP contribution in [0.15, 0.2) is 73.1 Å². The highest BCUT2D eigenvalue weighted by Gasteiger charge is 2.31. The van der Waals surface area contributed by atoms with Crippen LogP contribution in [-0.4, -0.2) is 15.9 Å². The summed E-state index contributed by atoms with van der Waals surface area (Å²) in [5.74, 6) is -1.10. The van der Waals surface area contributed by atoms with Crippen molar-refractivity contribution in [2.45, 2.75) is 6.18 Å². The van der Waals surface area contributed by atoms with E-state index in [1.165, 1.54) is 24.4 Å². The number of amides is 1. The fraction of sp³-hybridized carbons (Fsp3) is 0.0455. The zero-order valence-corrected chi connectivity index (χ0v) is 15.7. The van der Waals surface area contributed by atoms with Gasteiger partial charge in [-0.05, 0) is 42.5 Å². The van der Waals surface area contributed by atoms with Crippen LogP contribution in [0, 0.1) is 5.82 Å². The predicted octanol–water partition coefficient (Wildman–Crippen LogP) is 5.83. The number of nitrogens with zero attached hydrogens (tertiary/aromatic N) is 2. The molecule has 0 saturated heterocycles. The third kappa shape index (κ3) is 4.61. The number of anilines is 1. The van der Waals surface area contributed by atoms with Gasteiger partial charge < -0.3 is 10.1 Å². The summed E-state index contributed by atoms with van der Waals surface area (Å²) in [7, 11) is 0. The van der Waals surface area contributed by atoms with Gasteiger partial charge in [0.05, 0.1) is 22.3 Å². The summed E-state index contributed by atoms with van der Waals surface area (Å²) in [6.07, 6.45) is -1.49. The van der Waals surface area contributed by atoms with Gasteiger partial charge in [-0.3, -0.25) is 14.8 Å². The molecule has 1 amide bonds. The lowest BCUT2D eigenvalue weighted by molar-refractivity contribution is -0.137. The van der Waals surface area contributed by atoms with Crippen LogP contribution in [0.4, 0.5) is 23.2 Å². The van der Waals surface area contributed by atoms with Crippen LogP contribution < -0.4 is 10.1 Å². The number of carbonyl (C=O) groups excluding carboxylic acids is 1. The largest absolute Gasteiger partial charge is 0.457 e. The van der Waals surface area contributed by atoms with Crippen LogP contribution in [0.2, 0.25) is 0 Å². The van der Waals surface area contributed by atoms with E-state index in [2.05, 4.69) is 15.3 Å². The van der Waals surface area contributed by atoms with Gasteiger partial charge in [0.1, 0.15) is 17.3 Å². The number of aromatic nitrogens is 2. The molecule has 1 N–H and O–H groups in total.